The van der Waals surface area contributed by atoms with Crippen LogP contribution in [0.5, 0.6) is 0 Å². The number of halogens is 1. The second-order valence-electron chi connectivity index (χ2n) is 7.78. The lowest BCUT2D eigenvalue weighted by molar-refractivity contribution is 0.0599. The minimum absolute atomic E-state index is 0.0699. The van der Waals surface area contributed by atoms with Crippen LogP contribution in [0.3, 0.4) is 0 Å². The third-order valence-electron chi connectivity index (χ3n) is 5.60. The van der Waals surface area contributed by atoms with E-state index in [1.807, 2.05) is 4.90 Å². The number of piperidine rings is 1. The van der Waals surface area contributed by atoms with Crippen molar-refractivity contribution >= 4 is 11.8 Å². The van der Waals surface area contributed by atoms with E-state index in [4.69, 9.17) is 0 Å². The average Bonchev–Trinajstić information content (AvgIpc) is 2.83. The Morgan fingerprint density at radius 3 is 2.59 bits per heavy atom. The van der Waals surface area contributed by atoms with Gasteiger partial charge in [0, 0.05) is 37.2 Å². The Balaban J connectivity index is 1.49. The molecule has 1 aliphatic heterocycles. The van der Waals surface area contributed by atoms with Crippen molar-refractivity contribution in [1.82, 2.24) is 25.2 Å². The summed E-state index contributed by atoms with van der Waals surface area (Å²) in [4.78, 5) is 40.5. The van der Waals surface area contributed by atoms with Gasteiger partial charge in [0.25, 0.3) is 11.8 Å². The standard InChI is InChI=1S/C24H24FN5O2/c1-16-20(23(31)28-14-17-5-7-19(25)8-6-17)15-27-22(29-16)21-4-2-3-13-30(21)24(32)18-9-11-26-12-10-18/h5-12,15,21H,2-4,13-14H2,1H3,(H,28,31)/t21-/m1/s1. The maximum atomic E-state index is 13.0. The Hall–Kier alpha value is -3.68. The maximum Gasteiger partial charge on any atom is 0.254 e. The zero-order valence-corrected chi connectivity index (χ0v) is 17.8. The van der Waals surface area contributed by atoms with Crippen molar-refractivity contribution in [2.75, 3.05) is 6.54 Å². The van der Waals surface area contributed by atoms with Gasteiger partial charge < -0.3 is 10.2 Å². The van der Waals surface area contributed by atoms with Gasteiger partial charge in [-0.1, -0.05) is 12.1 Å². The lowest BCUT2D eigenvalue weighted by Gasteiger charge is -2.35. The van der Waals surface area contributed by atoms with Crippen molar-refractivity contribution in [2.45, 2.75) is 38.8 Å². The average molecular weight is 433 g/mol. The zero-order chi connectivity index (χ0) is 22.5. The Morgan fingerprint density at radius 1 is 1.12 bits per heavy atom. The molecule has 164 valence electrons. The summed E-state index contributed by atoms with van der Waals surface area (Å²) in [5, 5.41) is 2.81. The number of carbonyl (C=O) groups excluding carboxylic acids is 2. The van der Waals surface area contributed by atoms with Gasteiger partial charge >= 0.3 is 0 Å². The molecule has 0 unspecified atom stereocenters. The van der Waals surface area contributed by atoms with Gasteiger partial charge in [0.1, 0.15) is 5.82 Å². The Bertz CT molecular complexity index is 1110. The normalized spacial score (nSPS) is 15.9. The first-order valence-electron chi connectivity index (χ1n) is 10.6. The predicted octanol–water partition coefficient (Wildman–Crippen LogP) is 3.62. The summed E-state index contributed by atoms with van der Waals surface area (Å²) >= 11 is 0. The highest BCUT2D eigenvalue weighted by Crippen LogP contribution is 2.30. The fraction of sp³-hybridized carbons (Fsp3) is 0.292. The number of aromatic nitrogens is 3. The van der Waals surface area contributed by atoms with Crippen molar-refractivity contribution in [1.29, 1.82) is 0 Å². The zero-order valence-electron chi connectivity index (χ0n) is 17.8. The molecule has 8 heteroatoms. The van der Waals surface area contributed by atoms with E-state index in [9.17, 15) is 14.0 Å². The number of amides is 2. The summed E-state index contributed by atoms with van der Waals surface area (Å²) in [5.74, 6) is -0.148. The lowest BCUT2D eigenvalue weighted by atomic mass is 10.00. The quantitative estimate of drug-likeness (QED) is 0.664. The van der Waals surface area contributed by atoms with Crippen LogP contribution in [0, 0.1) is 12.7 Å². The highest BCUT2D eigenvalue weighted by Gasteiger charge is 2.31. The highest BCUT2D eigenvalue weighted by atomic mass is 19.1. The fourth-order valence-corrected chi connectivity index (χ4v) is 3.85. The van der Waals surface area contributed by atoms with E-state index in [1.54, 1.807) is 43.6 Å². The monoisotopic (exact) mass is 433 g/mol. The number of rotatable bonds is 5. The van der Waals surface area contributed by atoms with Gasteiger partial charge in [-0.25, -0.2) is 14.4 Å². The third kappa shape index (κ3) is 4.80. The molecule has 0 bridgehead atoms. The maximum absolute atomic E-state index is 13.0. The molecule has 1 aliphatic rings. The first-order valence-corrected chi connectivity index (χ1v) is 10.6. The first kappa shape index (κ1) is 21.5. The molecule has 4 rings (SSSR count). The Labute approximate surface area is 185 Å². The summed E-state index contributed by atoms with van der Waals surface area (Å²) in [6, 6.07) is 9.13. The molecule has 2 aromatic heterocycles. The van der Waals surface area contributed by atoms with Gasteiger partial charge in [0.2, 0.25) is 0 Å². The molecule has 0 radical (unpaired) electrons. The largest absolute Gasteiger partial charge is 0.348 e. The van der Waals surface area contributed by atoms with E-state index in [0.717, 1.165) is 24.8 Å². The lowest BCUT2D eigenvalue weighted by Crippen LogP contribution is -2.39. The van der Waals surface area contributed by atoms with E-state index in [-0.39, 0.29) is 30.2 Å². The number of hydrogen-bond acceptors (Lipinski definition) is 5. The summed E-state index contributed by atoms with van der Waals surface area (Å²) in [7, 11) is 0. The van der Waals surface area contributed by atoms with Crippen LogP contribution in [-0.4, -0.2) is 38.2 Å². The minimum Gasteiger partial charge on any atom is -0.348 e. The summed E-state index contributed by atoms with van der Waals surface area (Å²) in [6.45, 7) is 2.67. The van der Waals surface area contributed by atoms with Crippen molar-refractivity contribution < 1.29 is 14.0 Å². The molecule has 7 nitrogen and oxygen atoms in total. The molecule has 1 N–H and O–H groups in total. The van der Waals surface area contributed by atoms with Crippen LogP contribution in [0.1, 0.15) is 63.1 Å². The van der Waals surface area contributed by atoms with Gasteiger partial charge in [-0.2, -0.15) is 0 Å². The number of likely N-dealkylation sites (tertiary alicyclic amines) is 1. The van der Waals surface area contributed by atoms with Crippen molar-refractivity contribution in [2.24, 2.45) is 0 Å². The molecular formula is C24H24FN5O2. The third-order valence-corrected chi connectivity index (χ3v) is 5.60. The summed E-state index contributed by atoms with van der Waals surface area (Å²) in [5.41, 5.74) is 2.30. The molecule has 0 aliphatic carbocycles. The fourth-order valence-electron chi connectivity index (χ4n) is 3.85. The first-order chi connectivity index (χ1) is 15.5. The molecule has 3 aromatic rings. The molecule has 2 amide bonds. The molecule has 32 heavy (non-hydrogen) atoms. The van der Waals surface area contributed by atoms with E-state index in [0.29, 0.717) is 29.2 Å². The molecule has 0 spiro atoms. The number of hydrogen-bond donors (Lipinski definition) is 1. The number of carbonyl (C=O) groups is 2. The number of nitrogens with one attached hydrogen (secondary N) is 1. The van der Waals surface area contributed by atoms with Gasteiger partial charge in [0.05, 0.1) is 17.3 Å². The van der Waals surface area contributed by atoms with Crippen molar-refractivity contribution in [3.8, 4) is 0 Å². The molecule has 1 fully saturated rings. The Kier molecular flexibility index (Phi) is 6.49. The van der Waals surface area contributed by atoms with Gasteiger partial charge in [-0.3, -0.25) is 14.6 Å². The summed E-state index contributed by atoms with van der Waals surface area (Å²) in [6.07, 6.45) is 7.40. The number of nitrogens with zero attached hydrogens (tertiary/aromatic N) is 4. The van der Waals surface area contributed by atoms with E-state index < -0.39 is 0 Å². The van der Waals surface area contributed by atoms with Crippen LogP contribution in [0.2, 0.25) is 0 Å². The van der Waals surface area contributed by atoms with Crippen LogP contribution in [-0.2, 0) is 6.54 Å². The Morgan fingerprint density at radius 2 is 1.88 bits per heavy atom. The predicted molar refractivity (Wildman–Crippen MR) is 116 cm³/mol. The van der Waals surface area contributed by atoms with Crippen molar-refractivity contribution in [3.63, 3.8) is 0 Å². The van der Waals surface area contributed by atoms with E-state index in [1.165, 1.54) is 18.3 Å². The highest BCUT2D eigenvalue weighted by molar-refractivity contribution is 5.95. The SMILES string of the molecule is Cc1nc([C@H]2CCCCN2C(=O)c2ccncc2)ncc1C(=O)NCc1ccc(F)cc1. The van der Waals surface area contributed by atoms with Crippen LogP contribution in [0.4, 0.5) is 4.39 Å². The molecule has 1 saturated heterocycles. The topological polar surface area (TPSA) is 88.1 Å². The molecule has 3 heterocycles. The number of aryl methyl sites for hydroxylation is 1. The van der Waals surface area contributed by atoms with E-state index >= 15 is 0 Å². The van der Waals surface area contributed by atoms with Gasteiger partial charge in [0.15, 0.2) is 5.82 Å². The number of pyridine rings is 1. The van der Waals surface area contributed by atoms with Crippen LogP contribution in [0.25, 0.3) is 0 Å². The smallest absolute Gasteiger partial charge is 0.254 e. The van der Waals surface area contributed by atoms with Gasteiger partial charge in [-0.15, -0.1) is 0 Å². The molecule has 1 atom stereocenters. The van der Waals surface area contributed by atoms with Crippen LogP contribution in [0.15, 0.2) is 55.0 Å². The second kappa shape index (κ2) is 9.64. The number of benzene rings is 1. The van der Waals surface area contributed by atoms with E-state index in [2.05, 4.69) is 20.3 Å². The van der Waals surface area contributed by atoms with Crippen molar-refractivity contribution in [3.05, 3.63) is 89.0 Å². The minimum atomic E-state index is -0.320. The van der Waals surface area contributed by atoms with Crippen LogP contribution >= 0.6 is 0 Å². The second-order valence-corrected chi connectivity index (χ2v) is 7.78. The summed E-state index contributed by atoms with van der Waals surface area (Å²) < 4.78 is 13.0. The van der Waals surface area contributed by atoms with Crippen LogP contribution < -0.4 is 5.32 Å². The van der Waals surface area contributed by atoms with Gasteiger partial charge in [-0.05, 0) is 56.0 Å². The molecular weight excluding hydrogens is 409 g/mol. The molecule has 0 saturated carbocycles. The molecule has 1 aromatic carbocycles.